The van der Waals surface area contributed by atoms with E-state index >= 15 is 0 Å². The van der Waals surface area contributed by atoms with Crippen LogP contribution in [0.2, 0.25) is 0 Å². The lowest BCUT2D eigenvalue weighted by molar-refractivity contribution is -0.139. The van der Waals surface area contributed by atoms with Gasteiger partial charge in [-0.15, -0.1) is 10.2 Å². The normalized spacial score (nSPS) is 12.7. The van der Waals surface area contributed by atoms with E-state index in [-0.39, 0.29) is 11.8 Å². The van der Waals surface area contributed by atoms with Gasteiger partial charge in [0.2, 0.25) is 4.96 Å². The standard InChI is InChI=1S/C15H22N4O3S/c1-5-6-7-10(14(21)22)16-13(20)11-9(4)19-12(8(2)3)17-18-15(19)23-11/h8,10H,5-7H2,1-4H3,(H,16,20)(H,21,22). The van der Waals surface area contributed by atoms with Crippen molar-refractivity contribution in [2.75, 3.05) is 0 Å². The van der Waals surface area contributed by atoms with Crippen LogP contribution < -0.4 is 5.32 Å². The summed E-state index contributed by atoms with van der Waals surface area (Å²) >= 11 is 1.23. The van der Waals surface area contributed by atoms with Gasteiger partial charge in [0.05, 0.1) is 0 Å². The van der Waals surface area contributed by atoms with E-state index in [9.17, 15) is 14.7 Å². The zero-order chi connectivity index (χ0) is 17.1. The van der Waals surface area contributed by atoms with Crippen LogP contribution in [0.1, 0.15) is 67.1 Å². The lowest BCUT2D eigenvalue weighted by Gasteiger charge is -2.13. The van der Waals surface area contributed by atoms with Crippen LogP contribution in [0.25, 0.3) is 4.96 Å². The molecule has 23 heavy (non-hydrogen) atoms. The molecular weight excluding hydrogens is 316 g/mol. The Balaban J connectivity index is 2.27. The van der Waals surface area contributed by atoms with E-state index < -0.39 is 12.0 Å². The van der Waals surface area contributed by atoms with E-state index in [0.717, 1.165) is 24.4 Å². The van der Waals surface area contributed by atoms with Gasteiger partial charge in [0.15, 0.2) is 0 Å². The summed E-state index contributed by atoms with van der Waals surface area (Å²) in [4.78, 5) is 24.9. The minimum atomic E-state index is -1.00. The molecule has 2 N–H and O–H groups in total. The Hall–Kier alpha value is -1.96. The molecule has 0 fully saturated rings. The smallest absolute Gasteiger partial charge is 0.326 e. The maximum atomic E-state index is 12.5. The number of aliphatic carboxylic acids is 1. The zero-order valence-electron chi connectivity index (χ0n) is 13.8. The number of carboxylic acid groups (broad SMARTS) is 1. The minimum Gasteiger partial charge on any atom is -0.480 e. The van der Waals surface area contributed by atoms with E-state index in [0.29, 0.717) is 16.3 Å². The average molecular weight is 338 g/mol. The van der Waals surface area contributed by atoms with Gasteiger partial charge in [-0.2, -0.15) is 0 Å². The van der Waals surface area contributed by atoms with Crippen molar-refractivity contribution in [3.63, 3.8) is 0 Å². The first-order valence-corrected chi connectivity index (χ1v) is 8.56. The third-order valence-electron chi connectivity index (χ3n) is 3.69. The van der Waals surface area contributed by atoms with Gasteiger partial charge < -0.3 is 10.4 Å². The number of nitrogens with zero attached hydrogens (tertiary/aromatic N) is 3. The Kier molecular flexibility index (Phi) is 5.35. The molecule has 0 aromatic carbocycles. The molecule has 8 heteroatoms. The van der Waals surface area contributed by atoms with Gasteiger partial charge in [-0.25, -0.2) is 4.79 Å². The monoisotopic (exact) mass is 338 g/mol. The second kappa shape index (κ2) is 7.08. The molecule has 1 amide bonds. The van der Waals surface area contributed by atoms with Crippen molar-refractivity contribution >= 4 is 28.2 Å². The number of fused-ring (bicyclic) bond motifs is 1. The molecule has 0 aliphatic rings. The first-order valence-electron chi connectivity index (χ1n) is 7.74. The highest BCUT2D eigenvalue weighted by Crippen LogP contribution is 2.25. The van der Waals surface area contributed by atoms with Crippen LogP contribution in [0, 0.1) is 6.92 Å². The van der Waals surface area contributed by atoms with E-state index in [1.54, 1.807) is 0 Å². The Morgan fingerprint density at radius 1 is 1.35 bits per heavy atom. The van der Waals surface area contributed by atoms with Crippen molar-refractivity contribution < 1.29 is 14.7 Å². The highest BCUT2D eigenvalue weighted by atomic mass is 32.1. The largest absolute Gasteiger partial charge is 0.480 e. The van der Waals surface area contributed by atoms with E-state index in [2.05, 4.69) is 15.5 Å². The number of hydrogen-bond acceptors (Lipinski definition) is 5. The number of hydrogen-bond donors (Lipinski definition) is 2. The molecule has 126 valence electrons. The number of rotatable bonds is 7. The third-order valence-corrected chi connectivity index (χ3v) is 4.82. The van der Waals surface area contributed by atoms with Crippen LogP contribution in [0.5, 0.6) is 0 Å². The number of amides is 1. The highest BCUT2D eigenvalue weighted by Gasteiger charge is 2.25. The number of carbonyl (C=O) groups excluding carboxylic acids is 1. The molecule has 0 bridgehead atoms. The van der Waals surface area contributed by atoms with Crippen LogP contribution >= 0.6 is 11.3 Å². The van der Waals surface area contributed by atoms with Crippen LogP contribution in [-0.4, -0.2) is 37.6 Å². The minimum absolute atomic E-state index is 0.186. The molecule has 0 radical (unpaired) electrons. The number of nitrogens with one attached hydrogen (secondary N) is 1. The van der Waals surface area contributed by atoms with Crippen molar-refractivity contribution in [3.8, 4) is 0 Å². The van der Waals surface area contributed by atoms with Gasteiger partial charge in [-0.3, -0.25) is 9.20 Å². The molecule has 2 heterocycles. The fourth-order valence-electron chi connectivity index (χ4n) is 2.40. The van der Waals surface area contributed by atoms with Crippen LogP contribution in [-0.2, 0) is 4.79 Å². The van der Waals surface area contributed by atoms with Gasteiger partial charge in [0, 0.05) is 11.6 Å². The number of aryl methyl sites for hydroxylation is 1. The summed E-state index contributed by atoms with van der Waals surface area (Å²) in [6.07, 6.45) is 2.07. The maximum absolute atomic E-state index is 12.5. The van der Waals surface area contributed by atoms with Crippen molar-refractivity contribution in [1.29, 1.82) is 0 Å². The van der Waals surface area contributed by atoms with Crippen molar-refractivity contribution in [2.45, 2.75) is 58.9 Å². The third kappa shape index (κ3) is 3.52. The molecular formula is C15H22N4O3S. The summed E-state index contributed by atoms with van der Waals surface area (Å²) in [5.74, 6) is -0.384. The lowest BCUT2D eigenvalue weighted by atomic mass is 10.1. The Labute approximate surface area is 138 Å². The number of carbonyl (C=O) groups is 2. The van der Waals surface area contributed by atoms with Gasteiger partial charge in [0.1, 0.15) is 16.7 Å². The van der Waals surface area contributed by atoms with E-state index in [4.69, 9.17) is 0 Å². The Morgan fingerprint density at radius 3 is 2.61 bits per heavy atom. The summed E-state index contributed by atoms with van der Waals surface area (Å²) in [6.45, 7) is 7.84. The molecule has 1 atom stereocenters. The molecule has 7 nitrogen and oxygen atoms in total. The predicted molar refractivity (Wildman–Crippen MR) is 88.1 cm³/mol. The van der Waals surface area contributed by atoms with Gasteiger partial charge >= 0.3 is 5.97 Å². The summed E-state index contributed by atoms with van der Waals surface area (Å²) < 4.78 is 1.87. The van der Waals surface area contributed by atoms with Crippen molar-refractivity contribution in [2.24, 2.45) is 0 Å². The molecule has 0 aliphatic heterocycles. The second-order valence-electron chi connectivity index (χ2n) is 5.85. The van der Waals surface area contributed by atoms with Gasteiger partial charge in [-0.05, 0) is 13.3 Å². The zero-order valence-corrected chi connectivity index (χ0v) is 14.6. The second-order valence-corrected chi connectivity index (χ2v) is 6.83. The molecule has 0 aliphatic carbocycles. The van der Waals surface area contributed by atoms with Gasteiger partial charge in [-0.1, -0.05) is 44.9 Å². The quantitative estimate of drug-likeness (QED) is 0.809. The fourth-order valence-corrected chi connectivity index (χ4v) is 3.38. The first kappa shape index (κ1) is 17.4. The molecule has 0 spiro atoms. The molecule has 2 aromatic rings. The Morgan fingerprint density at radius 2 is 2.04 bits per heavy atom. The maximum Gasteiger partial charge on any atom is 0.326 e. The SMILES string of the molecule is CCCCC(NC(=O)c1sc2nnc(C(C)C)n2c1C)C(=O)O. The highest BCUT2D eigenvalue weighted by molar-refractivity contribution is 7.19. The predicted octanol–water partition coefficient (Wildman–Crippen LogP) is 2.60. The van der Waals surface area contributed by atoms with Crippen LogP contribution in [0.3, 0.4) is 0 Å². The van der Waals surface area contributed by atoms with E-state index in [1.165, 1.54) is 11.3 Å². The number of carboxylic acids is 1. The lowest BCUT2D eigenvalue weighted by Crippen LogP contribution is -2.40. The summed E-state index contributed by atoms with van der Waals surface area (Å²) in [5.41, 5.74) is 0.746. The molecule has 0 saturated carbocycles. The first-order chi connectivity index (χ1) is 10.9. The number of unbranched alkanes of at least 4 members (excludes halogenated alkanes) is 1. The molecule has 2 aromatic heterocycles. The molecule has 1 unspecified atom stereocenters. The Bertz CT molecular complexity index is 720. The summed E-state index contributed by atoms with van der Waals surface area (Å²) in [5, 5.41) is 20.1. The number of aromatic nitrogens is 3. The average Bonchev–Trinajstić information content (AvgIpc) is 3.03. The summed E-state index contributed by atoms with van der Waals surface area (Å²) in [7, 11) is 0. The topological polar surface area (TPSA) is 96.6 Å². The van der Waals surface area contributed by atoms with Crippen LogP contribution in [0.15, 0.2) is 0 Å². The molecule has 0 saturated heterocycles. The summed E-state index contributed by atoms with van der Waals surface area (Å²) in [6, 6.07) is -0.862. The van der Waals surface area contributed by atoms with E-state index in [1.807, 2.05) is 32.1 Å². The van der Waals surface area contributed by atoms with Crippen molar-refractivity contribution in [1.82, 2.24) is 19.9 Å². The van der Waals surface area contributed by atoms with Gasteiger partial charge in [0.25, 0.3) is 5.91 Å². The number of thiazole rings is 1. The van der Waals surface area contributed by atoms with Crippen LogP contribution in [0.4, 0.5) is 0 Å². The fraction of sp³-hybridized carbons (Fsp3) is 0.600. The molecule has 2 rings (SSSR count). The van der Waals surface area contributed by atoms with Crippen molar-refractivity contribution in [3.05, 3.63) is 16.4 Å².